The summed E-state index contributed by atoms with van der Waals surface area (Å²) in [5.41, 5.74) is 2.32. The molecule has 27 heavy (non-hydrogen) atoms. The van der Waals surface area contributed by atoms with Gasteiger partial charge in [-0.1, -0.05) is 20.8 Å². The molecule has 2 aromatic heterocycles. The van der Waals surface area contributed by atoms with Gasteiger partial charge in [-0.2, -0.15) is 0 Å². The van der Waals surface area contributed by atoms with Crippen LogP contribution in [0.25, 0.3) is 0 Å². The van der Waals surface area contributed by atoms with Crippen LogP contribution in [-0.2, 0) is 16.0 Å². The molecule has 2 aromatic rings. The first-order chi connectivity index (χ1) is 13.0. The van der Waals surface area contributed by atoms with Crippen molar-refractivity contribution in [1.29, 1.82) is 0 Å². The van der Waals surface area contributed by atoms with Gasteiger partial charge in [0.1, 0.15) is 6.10 Å². The number of thiazole rings is 1. The van der Waals surface area contributed by atoms with Crippen LogP contribution in [-0.4, -0.2) is 22.0 Å². The number of nitrogens with zero attached hydrogens (tertiary/aromatic N) is 2. The summed E-state index contributed by atoms with van der Waals surface area (Å²) in [4.78, 5) is 22.7. The van der Waals surface area contributed by atoms with Crippen LogP contribution in [0.3, 0.4) is 0 Å². The molecule has 2 aliphatic carbocycles. The fourth-order valence-corrected chi connectivity index (χ4v) is 6.98. The maximum atomic E-state index is 12.2. The van der Waals surface area contributed by atoms with Gasteiger partial charge in [0.15, 0.2) is 5.13 Å². The maximum Gasteiger partial charge on any atom is 0.309 e. The van der Waals surface area contributed by atoms with Crippen LogP contribution in [0.15, 0.2) is 24.5 Å². The second-order valence-corrected chi connectivity index (χ2v) is 9.82. The maximum absolute atomic E-state index is 12.2. The molecule has 0 amide bonds. The van der Waals surface area contributed by atoms with Gasteiger partial charge in [-0.3, -0.25) is 9.78 Å². The van der Waals surface area contributed by atoms with Crippen LogP contribution in [0.4, 0.5) is 10.8 Å². The minimum absolute atomic E-state index is 0.00976. The Balaban J connectivity index is 1.48. The van der Waals surface area contributed by atoms with Gasteiger partial charge in [0.05, 0.1) is 23.5 Å². The molecule has 1 saturated carbocycles. The fourth-order valence-electron chi connectivity index (χ4n) is 5.69. The first-order valence-corrected chi connectivity index (χ1v) is 10.6. The zero-order valence-electron chi connectivity index (χ0n) is 15.9. The molecular weight excluding hydrogens is 358 g/mol. The molecule has 0 aromatic carbocycles. The van der Waals surface area contributed by atoms with Crippen molar-refractivity contribution < 1.29 is 9.53 Å². The molecule has 3 heterocycles. The van der Waals surface area contributed by atoms with E-state index in [1.165, 1.54) is 10.6 Å². The largest absolute Gasteiger partial charge is 0.461 e. The van der Waals surface area contributed by atoms with Crippen LogP contribution >= 0.6 is 11.3 Å². The third kappa shape index (κ3) is 2.60. The highest BCUT2D eigenvalue weighted by molar-refractivity contribution is 7.15. The Hall–Kier alpha value is -1.95. The van der Waals surface area contributed by atoms with Crippen molar-refractivity contribution in [1.82, 2.24) is 9.97 Å². The van der Waals surface area contributed by atoms with Crippen molar-refractivity contribution in [3.8, 4) is 0 Å². The summed E-state index contributed by atoms with van der Waals surface area (Å²) in [6.07, 6.45) is 6.91. The second-order valence-electron chi connectivity index (χ2n) is 8.73. The summed E-state index contributed by atoms with van der Waals surface area (Å²) in [6, 6.07) is 3.92. The van der Waals surface area contributed by atoms with Crippen molar-refractivity contribution >= 4 is 28.1 Å². The summed E-state index contributed by atoms with van der Waals surface area (Å²) >= 11 is 1.76. The first-order valence-electron chi connectivity index (χ1n) is 9.83. The summed E-state index contributed by atoms with van der Waals surface area (Å²) in [5.74, 6) is 1.04. The summed E-state index contributed by atoms with van der Waals surface area (Å²) < 4.78 is 5.91. The fraction of sp³-hybridized carbons (Fsp3) is 0.571. The average molecular weight is 384 g/mol. The van der Waals surface area contributed by atoms with Gasteiger partial charge in [0.2, 0.25) is 0 Å². The Morgan fingerprint density at radius 2 is 2.19 bits per heavy atom. The summed E-state index contributed by atoms with van der Waals surface area (Å²) in [7, 11) is 0. The molecule has 0 spiro atoms. The van der Waals surface area contributed by atoms with E-state index in [0.29, 0.717) is 17.8 Å². The summed E-state index contributed by atoms with van der Waals surface area (Å²) in [5, 5.41) is 4.32. The lowest BCUT2D eigenvalue weighted by Crippen LogP contribution is -2.50. The van der Waals surface area contributed by atoms with Crippen LogP contribution < -0.4 is 5.32 Å². The Morgan fingerprint density at radius 3 is 2.96 bits per heavy atom. The predicted molar refractivity (Wildman–Crippen MR) is 105 cm³/mol. The number of hydrogen-bond donors (Lipinski definition) is 1. The highest BCUT2D eigenvalue weighted by atomic mass is 32.1. The predicted octanol–water partition coefficient (Wildman–Crippen LogP) is 4.54. The molecule has 142 valence electrons. The number of esters is 1. The number of aromatic nitrogens is 2. The molecule has 0 bridgehead atoms. The minimum atomic E-state index is -0.00976. The molecule has 5 rings (SSSR count). The van der Waals surface area contributed by atoms with Gasteiger partial charge in [-0.25, -0.2) is 4.98 Å². The van der Waals surface area contributed by atoms with Crippen LogP contribution in [0.5, 0.6) is 0 Å². The smallest absolute Gasteiger partial charge is 0.309 e. The third-order valence-corrected chi connectivity index (χ3v) is 8.06. The first kappa shape index (κ1) is 17.2. The Bertz CT molecular complexity index is 883. The molecule has 1 N–H and O–H groups in total. The number of rotatable bonds is 2. The molecule has 0 unspecified atom stereocenters. The number of fused-ring (bicyclic) bond motifs is 4. The highest BCUT2D eigenvalue weighted by Gasteiger charge is 2.58. The van der Waals surface area contributed by atoms with E-state index >= 15 is 0 Å². The number of carbonyl (C=O) groups excluding carboxylic acids is 1. The number of hydrogen-bond acceptors (Lipinski definition) is 6. The van der Waals surface area contributed by atoms with Crippen molar-refractivity contribution in [2.24, 2.45) is 23.2 Å². The monoisotopic (exact) mass is 383 g/mol. The minimum Gasteiger partial charge on any atom is -0.461 e. The topological polar surface area (TPSA) is 64.1 Å². The molecule has 3 aliphatic rings. The Morgan fingerprint density at radius 1 is 1.33 bits per heavy atom. The standard InChI is InChI=1S/C21H25N3O2S/c1-11-14-6-7-21(3)9-15-17(12(2)16(21)18(14)26-19(11)25)24-20(27-15)23-13-5-4-8-22-10-13/h4-5,8,10-12,14,16,18H,6-7,9H2,1-3H3,(H,23,24)/t11-,12-,14-,16+,18-,21-/m0/s1. The van der Waals surface area contributed by atoms with Gasteiger partial charge >= 0.3 is 5.97 Å². The third-order valence-electron chi connectivity index (χ3n) is 7.07. The zero-order valence-corrected chi connectivity index (χ0v) is 16.8. The van der Waals surface area contributed by atoms with E-state index in [9.17, 15) is 4.79 Å². The average Bonchev–Trinajstić information content (AvgIpc) is 3.16. The summed E-state index contributed by atoms with van der Waals surface area (Å²) in [6.45, 7) is 6.69. The number of carbonyl (C=O) groups is 1. The van der Waals surface area contributed by atoms with E-state index in [1.54, 1.807) is 17.5 Å². The molecule has 0 radical (unpaired) electrons. The van der Waals surface area contributed by atoms with Gasteiger partial charge < -0.3 is 10.1 Å². The van der Waals surface area contributed by atoms with Gasteiger partial charge in [0, 0.05) is 28.8 Å². The van der Waals surface area contributed by atoms with Crippen molar-refractivity contribution in [3.05, 3.63) is 35.1 Å². The van der Waals surface area contributed by atoms with E-state index in [0.717, 1.165) is 30.1 Å². The highest BCUT2D eigenvalue weighted by Crippen LogP contribution is 2.59. The molecule has 6 heteroatoms. The van der Waals surface area contributed by atoms with Crippen molar-refractivity contribution in [2.45, 2.75) is 52.1 Å². The molecule has 1 aliphatic heterocycles. The molecule has 5 nitrogen and oxygen atoms in total. The Kier molecular flexibility index (Phi) is 3.83. The molecule has 6 atom stereocenters. The van der Waals surface area contributed by atoms with Crippen LogP contribution in [0.1, 0.15) is 50.1 Å². The van der Waals surface area contributed by atoms with Gasteiger partial charge in [-0.05, 0) is 36.8 Å². The number of ether oxygens (including phenoxy) is 1. The molecule has 2 fully saturated rings. The van der Waals surface area contributed by atoms with Gasteiger partial charge in [0.25, 0.3) is 0 Å². The SMILES string of the molecule is C[C@@H]1C(=O)O[C@H]2[C@H]1CC[C@@]1(C)Cc3sc(Nc4cccnc4)nc3[C@@H](C)[C@H]21. The number of nitrogens with one attached hydrogen (secondary N) is 1. The number of anilines is 2. The van der Waals surface area contributed by atoms with Gasteiger partial charge in [-0.15, -0.1) is 11.3 Å². The Labute approximate surface area is 163 Å². The van der Waals surface area contributed by atoms with E-state index < -0.39 is 0 Å². The molecular formula is C21H25N3O2S. The lowest BCUT2D eigenvalue weighted by Gasteiger charge is -2.51. The van der Waals surface area contributed by atoms with Crippen LogP contribution in [0.2, 0.25) is 0 Å². The van der Waals surface area contributed by atoms with Crippen LogP contribution in [0, 0.1) is 23.2 Å². The lowest BCUT2D eigenvalue weighted by atomic mass is 9.54. The molecule has 1 saturated heterocycles. The second kappa shape index (κ2) is 6.03. The number of pyridine rings is 1. The lowest BCUT2D eigenvalue weighted by molar-refractivity contribution is -0.149. The van der Waals surface area contributed by atoms with E-state index in [1.807, 2.05) is 25.3 Å². The van der Waals surface area contributed by atoms with E-state index in [2.05, 4.69) is 24.1 Å². The van der Waals surface area contributed by atoms with Crippen molar-refractivity contribution in [3.63, 3.8) is 0 Å². The zero-order chi connectivity index (χ0) is 18.8. The van der Waals surface area contributed by atoms with E-state index in [4.69, 9.17) is 9.72 Å². The van der Waals surface area contributed by atoms with E-state index in [-0.39, 0.29) is 23.4 Å². The normalized spacial score (nSPS) is 37.1. The quantitative estimate of drug-likeness (QED) is 0.772. The van der Waals surface area contributed by atoms with Crippen molar-refractivity contribution in [2.75, 3.05) is 5.32 Å².